The number of hydrogen-bond donors (Lipinski definition) is 1. The number of hydrogen-bond acceptors (Lipinski definition) is 4. The van der Waals surface area contributed by atoms with Gasteiger partial charge in [-0.15, -0.1) is 17.9 Å². The van der Waals surface area contributed by atoms with E-state index in [1.165, 1.54) is 0 Å². The standard InChI is InChI=1S/C19H25N3O3S/c1-3-10-21(12-15-8-6-11-26-15)16(23)13-22-17(24)19(20-18(22)25)9-5-4-7-14(19)2/h3,6,8,11,14H,1,4-5,7,9-10,12-13H2,2H3,(H,20,25)/t14-,19-/m0/s1. The zero-order chi connectivity index (χ0) is 18.7. The molecule has 2 atom stereocenters. The topological polar surface area (TPSA) is 69.7 Å². The van der Waals surface area contributed by atoms with Crippen LogP contribution in [0.3, 0.4) is 0 Å². The zero-order valence-electron chi connectivity index (χ0n) is 15.1. The van der Waals surface area contributed by atoms with Crippen molar-refractivity contribution in [2.75, 3.05) is 13.1 Å². The fourth-order valence-electron chi connectivity index (χ4n) is 3.88. The van der Waals surface area contributed by atoms with E-state index in [2.05, 4.69) is 11.9 Å². The van der Waals surface area contributed by atoms with Crippen LogP contribution in [0.5, 0.6) is 0 Å². The molecule has 0 bridgehead atoms. The monoisotopic (exact) mass is 375 g/mol. The van der Waals surface area contributed by atoms with E-state index in [0.29, 0.717) is 19.5 Å². The van der Waals surface area contributed by atoms with Gasteiger partial charge in [0.25, 0.3) is 5.91 Å². The molecule has 0 radical (unpaired) electrons. The lowest BCUT2D eigenvalue weighted by molar-refractivity contribution is -0.140. The number of rotatable bonds is 6. The Morgan fingerprint density at radius 2 is 2.31 bits per heavy atom. The Bertz CT molecular complexity index is 703. The van der Waals surface area contributed by atoms with Crippen molar-refractivity contribution in [2.24, 2.45) is 5.92 Å². The minimum Gasteiger partial charge on any atom is -0.332 e. The van der Waals surface area contributed by atoms with E-state index in [1.807, 2.05) is 24.4 Å². The summed E-state index contributed by atoms with van der Waals surface area (Å²) in [4.78, 5) is 42.0. The molecule has 6 nitrogen and oxygen atoms in total. The van der Waals surface area contributed by atoms with Gasteiger partial charge in [-0.2, -0.15) is 0 Å². The third-order valence-electron chi connectivity index (χ3n) is 5.42. The van der Waals surface area contributed by atoms with Crippen LogP contribution in [-0.4, -0.2) is 46.3 Å². The number of carbonyl (C=O) groups is 3. The van der Waals surface area contributed by atoms with Crippen LogP contribution in [0.4, 0.5) is 4.79 Å². The molecule has 1 saturated carbocycles. The molecule has 7 heteroatoms. The number of carbonyl (C=O) groups excluding carboxylic acids is 3. The van der Waals surface area contributed by atoms with Gasteiger partial charge in [0.15, 0.2) is 0 Å². The zero-order valence-corrected chi connectivity index (χ0v) is 15.9. The summed E-state index contributed by atoms with van der Waals surface area (Å²) in [5, 5.41) is 4.85. The molecule has 1 aliphatic carbocycles. The lowest BCUT2D eigenvalue weighted by Crippen LogP contribution is -2.54. The van der Waals surface area contributed by atoms with Gasteiger partial charge in [-0.3, -0.25) is 14.5 Å². The van der Waals surface area contributed by atoms with Crippen LogP contribution >= 0.6 is 11.3 Å². The molecule has 1 N–H and O–H groups in total. The Morgan fingerprint density at radius 3 is 2.96 bits per heavy atom. The van der Waals surface area contributed by atoms with E-state index in [-0.39, 0.29) is 24.3 Å². The highest BCUT2D eigenvalue weighted by Crippen LogP contribution is 2.38. The van der Waals surface area contributed by atoms with Gasteiger partial charge in [-0.1, -0.05) is 31.9 Å². The molecule has 1 aromatic rings. The van der Waals surface area contributed by atoms with Crippen molar-refractivity contribution in [2.45, 2.75) is 44.7 Å². The van der Waals surface area contributed by atoms with Crippen molar-refractivity contribution in [3.8, 4) is 0 Å². The van der Waals surface area contributed by atoms with Crippen LogP contribution in [0.25, 0.3) is 0 Å². The first kappa shape index (κ1) is 18.6. The van der Waals surface area contributed by atoms with Crippen molar-refractivity contribution in [3.05, 3.63) is 35.0 Å². The van der Waals surface area contributed by atoms with Crippen LogP contribution in [0, 0.1) is 5.92 Å². The van der Waals surface area contributed by atoms with E-state index in [4.69, 9.17) is 0 Å². The van der Waals surface area contributed by atoms with Gasteiger partial charge in [-0.05, 0) is 30.2 Å². The van der Waals surface area contributed by atoms with Gasteiger partial charge in [-0.25, -0.2) is 4.79 Å². The van der Waals surface area contributed by atoms with Crippen LogP contribution < -0.4 is 5.32 Å². The largest absolute Gasteiger partial charge is 0.332 e. The minimum atomic E-state index is -0.827. The summed E-state index contributed by atoms with van der Waals surface area (Å²) >= 11 is 1.57. The normalized spacial score (nSPS) is 25.4. The summed E-state index contributed by atoms with van der Waals surface area (Å²) in [5.41, 5.74) is -0.827. The molecule has 26 heavy (non-hydrogen) atoms. The van der Waals surface area contributed by atoms with Gasteiger partial charge in [0, 0.05) is 11.4 Å². The summed E-state index contributed by atoms with van der Waals surface area (Å²) in [6.07, 6.45) is 5.20. The SMILES string of the molecule is C=CCN(Cc1cccs1)C(=O)CN1C(=O)N[C@]2(CCCC[C@@H]2C)C1=O. The van der Waals surface area contributed by atoms with Crippen LogP contribution in [0.15, 0.2) is 30.2 Å². The van der Waals surface area contributed by atoms with Crippen LogP contribution in [-0.2, 0) is 16.1 Å². The number of nitrogens with one attached hydrogen (secondary N) is 1. The molecule has 2 fully saturated rings. The Labute approximate surface area is 157 Å². The average Bonchev–Trinajstić information content (AvgIpc) is 3.20. The first-order valence-corrected chi connectivity index (χ1v) is 9.91. The Hall–Kier alpha value is -2.15. The molecule has 0 aromatic carbocycles. The number of imide groups is 1. The van der Waals surface area contributed by atoms with Gasteiger partial charge >= 0.3 is 6.03 Å². The number of thiophene rings is 1. The number of nitrogens with zero attached hydrogens (tertiary/aromatic N) is 2. The molecule has 1 spiro atoms. The lowest BCUT2D eigenvalue weighted by Gasteiger charge is -2.36. The van der Waals surface area contributed by atoms with Crippen LogP contribution in [0.1, 0.15) is 37.5 Å². The fraction of sp³-hybridized carbons (Fsp3) is 0.526. The van der Waals surface area contributed by atoms with Crippen molar-refractivity contribution in [1.29, 1.82) is 0 Å². The van der Waals surface area contributed by atoms with Crippen LogP contribution in [0.2, 0.25) is 0 Å². The van der Waals surface area contributed by atoms with Crippen molar-refractivity contribution in [1.82, 2.24) is 15.1 Å². The summed E-state index contributed by atoms with van der Waals surface area (Å²) in [6, 6.07) is 3.44. The van der Waals surface area contributed by atoms with Gasteiger partial charge in [0.1, 0.15) is 12.1 Å². The Morgan fingerprint density at radius 1 is 1.50 bits per heavy atom. The quantitative estimate of drug-likeness (QED) is 0.614. The second-order valence-corrected chi connectivity index (χ2v) is 8.11. The van der Waals surface area contributed by atoms with Crippen molar-refractivity contribution >= 4 is 29.2 Å². The molecule has 140 valence electrons. The van der Waals surface area contributed by atoms with E-state index in [1.54, 1.807) is 22.3 Å². The highest BCUT2D eigenvalue weighted by molar-refractivity contribution is 7.09. The first-order chi connectivity index (χ1) is 12.5. The molecular formula is C19H25N3O3S. The van der Waals surface area contributed by atoms with Gasteiger partial charge in [0.05, 0.1) is 6.54 Å². The smallest absolute Gasteiger partial charge is 0.325 e. The molecule has 3 rings (SSSR count). The van der Waals surface area contributed by atoms with Gasteiger partial charge < -0.3 is 10.2 Å². The number of urea groups is 1. The van der Waals surface area contributed by atoms with E-state index in [0.717, 1.165) is 29.0 Å². The maximum Gasteiger partial charge on any atom is 0.325 e. The average molecular weight is 375 g/mol. The Kier molecular flexibility index (Phi) is 5.46. The maximum absolute atomic E-state index is 13.0. The molecule has 1 aromatic heterocycles. The number of amides is 4. The molecule has 4 amide bonds. The predicted octanol–water partition coefficient (Wildman–Crippen LogP) is 2.76. The first-order valence-electron chi connectivity index (χ1n) is 9.03. The van der Waals surface area contributed by atoms with Crippen molar-refractivity contribution < 1.29 is 14.4 Å². The summed E-state index contributed by atoms with van der Waals surface area (Å²) < 4.78 is 0. The highest BCUT2D eigenvalue weighted by atomic mass is 32.1. The van der Waals surface area contributed by atoms with E-state index in [9.17, 15) is 14.4 Å². The molecule has 2 heterocycles. The third-order valence-corrected chi connectivity index (χ3v) is 6.28. The van der Waals surface area contributed by atoms with E-state index >= 15 is 0 Å². The molecule has 2 aliphatic rings. The van der Waals surface area contributed by atoms with E-state index < -0.39 is 11.6 Å². The maximum atomic E-state index is 13.0. The lowest BCUT2D eigenvalue weighted by atomic mass is 9.73. The third kappa shape index (κ3) is 3.40. The molecule has 1 aliphatic heterocycles. The summed E-state index contributed by atoms with van der Waals surface area (Å²) in [5.74, 6) is -0.414. The summed E-state index contributed by atoms with van der Waals surface area (Å²) in [7, 11) is 0. The summed E-state index contributed by atoms with van der Waals surface area (Å²) in [6.45, 7) is 6.31. The van der Waals surface area contributed by atoms with Crippen molar-refractivity contribution in [3.63, 3.8) is 0 Å². The Balaban J connectivity index is 1.72. The molecular weight excluding hydrogens is 350 g/mol. The highest BCUT2D eigenvalue weighted by Gasteiger charge is 2.55. The fourth-order valence-corrected chi connectivity index (χ4v) is 4.59. The second kappa shape index (κ2) is 7.61. The van der Waals surface area contributed by atoms with Gasteiger partial charge in [0.2, 0.25) is 5.91 Å². The second-order valence-electron chi connectivity index (χ2n) is 7.08. The molecule has 1 saturated heterocycles. The minimum absolute atomic E-state index is 0.0863. The predicted molar refractivity (Wildman–Crippen MR) is 101 cm³/mol. The molecule has 0 unspecified atom stereocenters.